The lowest BCUT2D eigenvalue weighted by Gasteiger charge is -2.33. The van der Waals surface area contributed by atoms with Crippen LogP contribution in [0.15, 0.2) is 34.9 Å². The molecule has 3 rings (SSSR count). The lowest BCUT2D eigenvalue weighted by molar-refractivity contribution is 0.0673. The van der Waals surface area contributed by atoms with Crippen molar-refractivity contribution in [2.45, 2.75) is 25.8 Å². The average molecular weight is 432 g/mol. The Bertz CT molecular complexity index is 727. The fraction of sp³-hybridized carbons (Fsp3) is 0.412. The number of rotatable bonds is 3. The SMILES string of the molecule is CC(N)C1CCN(C(=O)c2nn(-c3ccc(F)cc3)cc2Br)CC1.Cl. The minimum Gasteiger partial charge on any atom is -0.337 e. The van der Waals surface area contributed by atoms with Crippen LogP contribution in [0.1, 0.15) is 30.3 Å². The van der Waals surface area contributed by atoms with E-state index in [1.54, 1.807) is 23.0 Å². The van der Waals surface area contributed by atoms with Crippen molar-refractivity contribution in [2.75, 3.05) is 13.1 Å². The summed E-state index contributed by atoms with van der Waals surface area (Å²) in [5, 5.41) is 4.37. The van der Waals surface area contributed by atoms with E-state index in [4.69, 9.17) is 5.73 Å². The smallest absolute Gasteiger partial charge is 0.275 e. The van der Waals surface area contributed by atoms with Crippen LogP contribution in [0, 0.1) is 11.7 Å². The molecule has 1 aliphatic rings. The van der Waals surface area contributed by atoms with Gasteiger partial charge in [-0.25, -0.2) is 9.07 Å². The number of nitrogens with zero attached hydrogens (tertiary/aromatic N) is 3. The normalized spacial score (nSPS) is 16.4. The first-order valence-corrected chi connectivity index (χ1v) is 8.81. The first-order valence-electron chi connectivity index (χ1n) is 8.01. The number of hydrogen-bond acceptors (Lipinski definition) is 3. The van der Waals surface area contributed by atoms with Gasteiger partial charge in [0.05, 0.1) is 10.2 Å². The molecule has 2 N–H and O–H groups in total. The van der Waals surface area contributed by atoms with Gasteiger partial charge in [0.25, 0.3) is 5.91 Å². The average Bonchev–Trinajstić information content (AvgIpc) is 2.96. The van der Waals surface area contributed by atoms with Crippen LogP contribution in [-0.4, -0.2) is 39.7 Å². The van der Waals surface area contributed by atoms with E-state index < -0.39 is 0 Å². The second-order valence-electron chi connectivity index (χ2n) is 6.24. The van der Waals surface area contributed by atoms with E-state index in [2.05, 4.69) is 21.0 Å². The molecule has 2 aromatic rings. The fourth-order valence-corrected chi connectivity index (χ4v) is 3.44. The molecule has 136 valence electrons. The molecule has 5 nitrogen and oxygen atoms in total. The van der Waals surface area contributed by atoms with Crippen LogP contribution in [0.3, 0.4) is 0 Å². The third kappa shape index (κ3) is 4.40. The summed E-state index contributed by atoms with van der Waals surface area (Å²) in [5.41, 5.74) is 7.02. The van der Waals surface area contributed by atoms with Crippen molar-refractivity contribution in [3.63, 3.8) is 0 Å². The van der Waals surface area contributed by atoms with Crippen LogP contribution in [0.4, 0.5) is 4.39 Å². The summed E-state index contributed by atoms with van der Waals surface area (Å²) < 4.78 is 15.2. The number of amides is 1. The molecule has 2 heterocycles. The van der Waals surface area contributed by atoms with E-state index >= 15 is 0 Å². The van der Waals surface area contributed by atoms with E-state index in [1.165, 1.54) is 12.1 Å². The third-order valence-electron chi connectivity index (χ3n) is 4.53. The minimum absolute atomic E-state index is 0. The van der Waals surface area contributed by atoms with Crippen LogP contribution < -0.4 is 5.73 Å². The van der Waals surface area contributed by atoms with Gasteiger partial charge in [0.1, 0.15) is 5.82 Å². The maximum atomic E-state index is 13.0. The second-order valence-corrected chi connectivity index (χ2v) is 7.09. The predicted octanol–water partition coefficient (Wildman–Crippen LogP) is 3.40. The zero-order valence-electron chi connectivity index (χ0n) is 13.9. The molecule has 0 aliphatic carbocycles. The van der Waals surface area contributed by atoms with Gasteiger partial charge in [-0.2, -0.15) is 5.10 Å². The second kappa shape index (κ2) is 8.29. The molecule has 1 saturated heterocycles. The standard InChI is InChI=1S/C17H20BrFN4O.ClH/c1-11(20)12-6-8-22(9-7-12)17(24)16-15(18)10-23(21-16)14-4-2-13(19)3-5-14;/h2-5,10-12H,6-9,20H2,1H3;1H. The van der Waals surface area contributed by atoms with E-state index in [0.717, 1.165) is 12.8 Å². The highest BCUT2D eigenvalue weighted by molar-refractivity contribution is 9.10. The van der Waals surface area contributed by atoms with Crippen LogP contribution >= 0.6 is 28.3 Å². The van der Waals surface area contributed by atoms with Crippen LogP contribution in [0.25, 0.3) is 5.69 Å². The summed E-state index contributed by atoms with van der Waals surface area (Å²) in [6.45, 7) is 3.41. The molecule has 0 bridgehead atoms. The van der Waals surface area contributed by atoms with Gasteiger partial charge in [-0.15, -0.1) is 12.4 Å². The number of carbonyl (C=O) groups is 1. The topological polar surface area (TPSA) is 64.2 Å². The van der Waals surface area contributed by atoms with Crippen LogP contribution in [-0.2, 0) is 0 Å². The molecule has 1 atom stereocenters. The van der Waals surface area contributed by atoms with Gasteiger partial charge in [-0.3, -0.25) is 4.79 Å². The van der Waals surface area contributed by atoms with Crippen molar-refractivity contribution in [3.05, 3.63) is 46.4 Å². The highest BCUT2D eigenvalue weighted by Gasteiger charge is 2.28. The van der Waals surface area contributed by atoms with Crippen molar-refractivity contribution in [3.8, 4) is 5.69 Å². The predicted molar refractivity (Wildman–Crippen MR) is 101 cm³/mol. The van der Waals surface area contributed by atoms with Gasteiger partial charge in [-0.1, -0.05) is 0 Å². The van der Waals surface area contributed by atoms with Crippen LogP contribution in [0.2, 0.25) is 0 Å². The van der Waals surface area contributed by atoms with E-state index in [1.807, 2.05) is 11.8 Å². The summed E-state index contributed by atoms with van der Waals surface area (Å²) in [5.74, 6) is 0.0680. The third-order valence-corrected chi connectivity index (χ3v) is 5.11. The summed E-state index contributed by atoms with van der Waals surface area (Å²) >= 11 is 3.41. The molecule has 1 unspecified atom stereocenters. The Morgan fingerprint density at radius 3 is 2.48 bits per heavy atom. The van der Waals surface area contributed by atoms with Gasteiger partial charge in [0.15, 0.2) is 5.69 Å². The van der Waals surface area contributed by atoms with Crippen LogP contribution in [0.5, 0.6) is 0 Å². The van der Waals surface area contributed by atoms with Gasteiger partial charge < -0.3 is 10.6 Å². The van der Waals surface area contributed by atoms with Gasteiger partial charge >= 0.3 is 0 Å². The van der Waals surface area contributed by atoms with Crippen molar-refractivity contribution in [2.24, 2.45) is 11.7 Å². The molecule has 1 amide bonds. The molecule has 0 radical (unpaired) electrons. The Hall–Kier alpha value is -1.44. The first-order chi connectivity index (χ1) is 11.5. The number of aromatic nitrogens is 2. The fourth-order valence-electron chi connectivity index (χ4n) is 3.00. The molecule has 1 aromatic carbocycles. The van der Waals surface area contributed by atoms with Crippen molar-refractivity contribution < 1.29 is 9.18 Å². The number of benzene rings is 1. The van der Waals surface area contributed by atoms with Gasteiger partial charge in [-0.05, 0) is 65.9 Å². The summed E-state index contributed by atoms with van der Waals surface area (Å²) in [6, 6.07) is 6.14. The van der Waals surface area contributed by atoms with Crippen molar-refractivity contribution >= 4 is 34.2 Å². The number of nitrogens with two attached hydrogens (primary N) is 1. The van der Waals surface area contributed by atoms with Gasteiger partial charge in [0, 0.05) is 25.3 Å². The molecule has 25 heavy (non-hydrogen) atoms. The largest absolute Gasteiger partial charge is 0.337 e. The lowest BCUT2D eigenvalue weighted by Crippen LogP contribution is -2.42. The summed E-state index contributed by atoms with van der Waals surface area (Å²) in [7, 11) is 0. The Kier molecular flexibility index (Phi) is 6.59. The van der Waals surface area contributed by atoms with E-state index in [0.29, 0.717) is 34.9 Å². The number of carbonyl (C=O) groups excluding carboxylic acids is 1. The molecule has 1 aromatic heterocycles. The first kappa shape index (κ1) is 19.9. The number of likely N-dealkylation sites (tertiary alicyclic amines) is 1. The molecular weight excluding hydrogens is 411 g/mol. The number of hydrogen-bond donors (Lipinski definition) is 1. The van der Waals surface area contributed by atoms with Crippen molar-refractivity contribution in [1.82, 2.24) is 14.7 Å². The Labute approximate surface area is 160 Å². The summed E-state index contributed by atoms with van der Waals surface area (Å²) in [4.78, 5) is 14.5. The van der Waals surface area contributed by atoms with Crippen molar-refractivity contribution in [1.29, 1.82) is 0 Å². The number of piperidine rings is 1. The number of halogens is 3. The maximum Gasteiger partial charge on any atom is 0.275 e. The molecule has 0 saturated carbocycles. The summed E-state index contributed by atoms with van der Waals surface area (Å²) in [6.07, 6.45) is 3.55. The van der Waals surface area contributed by atoms with E-state index in [9.17, 15) is 9.18 Å². The highest BCUT2D eigenvalue weighted by atomic mass is 79.9. The minimum atomic E-state index is -0.307. The van der Waals surface area contributed by atoms with E-state index in [-0.39, 0.29) is 30.2 Å². The molecule has 1 aliphatic heterocycles. The zero-order chi connectivity index (χ0) is 17.3. The molecule has 0 spiro atoms. The molecule has 8 heteroatoms. The van der Waals surface area contributed by atoms with Gasteiger partial charge in [0.2, 0.25) is 0 Å². The Balaban J connectivity index is 0.00000225. The lowest BCUT2D eigenvalue weighted by atomic mass is 9.91. The Morgan fingerprint density at radius 2 is 1.92 bits per heavy atom. The highest BCUT2D eigenvalue weighted by Crippen LogP contribution is 2.24. The zero-order valence-corrected chi connectivity index (χ0v) is 16.3. The molecule has 1 fully saturated rings. The Morgan fingerprint density at radius 1 is 1.32 bits per heavy atom. The quantitative estimate of drug-likeness (QED) is 0.810. The molecular formula is C17H21BrClFN4O. The maximum absolute atomic E-state index is 13.0. The monoisotopic (exact) mass is 430 g/mol.